The van der Waals surface area contributed by atoms with E-state index in [4.69, 9.17) is 14.2 Å². The summed E-state index contributed by atoms with van der Waals surface area (Å²) in [6.45, 7) is 8.51. The summed E-state index contributed by atoms with van der Waals surface area (Å²) in [4.78, 5) is 12.7. The number of fused-ring (bicyclic) bond motifs is 2. The van der Waals surface area contributed by atoms with Crippen LogP contribution in [0.2, 0.25) is 0 Å². The highest BCUT2D eigenvalue weighted by Gasteiger charge is 2.57. The normalized spacial score (nSPS) is 34.3. The van der Waals surface area contributed by atoms with E-state index < -0.39 is 5.79 Å². The third-order valence-corrected chi connectivity index (χ3v) is 5.99. The average molecular weight is 352 g/mol. The number of rotatable bonds is 4. The molecule has 0 saturated heterocycles. The number of hydrogen-bond acceptors (Lipinski definition) is 4. The third kappa shape index (κ3) is 2.36. The van der Waals surface area contributed by atoms with Crippen LogP contribution in [-0.4, -0.2) is 25.3 Å². The number of carbonyl (C=O) groups excluding carboxylic acids is 1. The summed E-state index contributed by atoms with van der Waals surface area (Å²) < 4.78 is 18.0. The predicted molar refractivity (Wildman–Crippen MR) is 99.3 cm³/mol. The zero-order chi connectivity index (χ0) is 18.5. The molecule has 0 N–H and O–H groups in total. The Morgan fingerprint density at radius 1 is 1.35 bits per heavy atom. The van der Waals surface area contributed by atoms with Crippen LogP contribution >= 0.6 is 0 Å². The van der Waals surface area contributed by atoms with Gasteiger partial charge in [0, 0.05) is 17.1 Å². The van der Waals surface area contributed by atoms with Crippen LogP contribution in [0.25, 0.3) is 0 Å². The molecule has 0 unspecified atom stereocenters. The van der Waals surface area contributed by atoms with E-state index in [1.807, 2.05) is 18.2 Å². The summed E-state index contributed by atoms with van der Waals surface area (Å²) in [5.74, 6) is 1.21. The Balaban J connectivity index is 1.95. The summed E-state index contributed by atoms with van der Waals surface area (Å²) in [7, 11) is 1.66. The molecular weight excluding hydrogens is 328 g/mol. The lowest BCUT2D eigenvalue weighted by molar-refractivity contribution is -0.189. The molecule has 0 fully saturated rings. The first-order chi connectivity index (χ1) is 12.5. The van der Waals surface area contributed by atoms with Gasteiger partial charge in [-0.15, -0.1) is 6.58 Å². The Bertz CT molecular complexity index is 821. The van der Waals surface area contributed by atoms with Crippen LogP contribution in [0.3, 0.4) is 0 Å². The van der Waals surface area contributed by atoms with Gasteiger partial charge in [-0.3, -0.25) is 4.79 Å². The molecular formula is C22H24O4. The zero-order valence-corrected chi connectivity index (χ0v) is 15.4. The molecule has 0 spiro atoms. The summed E-state index contributed by atoms with van der Waals surface area (Å²) in [6.07, 6.45) is 7.17. The van der Waals surface area contributed by atoms with E-state index in [0.29, 0.717) is 12.5 Å². The maximum Gasteiger partial charge on any atom is 0.238 e. The van der Waals surface area contributed by atoms with Gasteiger partial charge in [0.2, 0.25) is 5.79 Å². The molecule has 4 rings (SSSR count). The molecule has 3 aliphatic rings. The Hall–Kier alpha value is -2.33. The minimum absolute atomic E-state index is 0.0477. The van der Waals surface area contributed by atoms with Crippen molar-refractivity contribution in [2.75, 3.05) is 13.7 Å². The standard InChI is InChI=1S/C22H24O4/c1-5-10-25-22-9-8-18(23)16-11-13(2)14(3)20(21(16)22)17-12-15(24-4)6-7-19(17)26-22/h5-9,11-14,20-21H,1,10H2,2-4H3/t13-,14+,20+,21+,22+/m0/s1. The second-order valence-electron chi connectivity index (χ2n) is 7.37. The molecule has 136 valence electrons. The highest BCUT2D eigenvalue weighted by atomic mass is 16.7. The lowest BCUT2D eigenvalue weighted by Gasteiger charge is -2.52. The van der Waals surface area contributed by atoms with Crippen LogP contribution in [0.4, 0.5) is 0 Å². The van der Waals surface area contributed by atoms with Crippen molar-refractivity contribution in [1.82, 2.24) is 0 Å². The Kier molecular flexibility index (Phi) is 4.03. The molecule has 0 amide bonds. The second kappa shape index (κ2) is 6.13. The first-order valence-electron chi connectivity index (χ1n) is 9.08. The molecule has 1 heterocycles. The molecule has 5 atom stereocenters. The van der Waals surface area contributed by atoms with Crippen molar-refractivity contribution in [1.29, 1.82) is 0 Å². The molecule has 26 heavy (non-hydrogen) atoms. The van der Waals surface area contributed by atoms with Gasteiger partial charge in [0.1, 0.15) is 11.5 Å². The minimum Gasteiger partial charge on any atom is -0.497 e. The molecule has 1 aliphatic heterocycles. The van der Waals surface area contributed by atoms with Gasteiger partial charge in [0.05, 0.1) is 19.6 Å². The first-order valence-corrected chi connectivity index (χ1v) is 9.08. The highest BCUT2D eigenvalue weighted by Crippen LogP contribution is 2.58. The van der Waals surface area contributed by atoms with Crippen LogP contribution in [0.5, 0.6) is 11.5 Å². The van der Waals surface area contributed by atoms with Gasteiger partial charge in [-0.25, -0.2) is 0 Å². The Morgan fingerprint density at radius 3 is 2.88 bits per heavy atom. The number of methoxy groups -OCH3 is 1. The van der Waals surface area contributed by atoms with E-state index in [-0.39, 0.29) is 23.5 Å². The van der Waals surface area contributed by atoms with Gasteiger partial charge in [-0.2, -0.15) is 0 Å². The predicted octanol–water partition coefficient (Wildman–Crippen LogP) is 4.04. The number of ketones is 1. The smallest absolute Gasteiger partial charge is 0.238 e. The molecule has 2 aliphatic carbocycles. The van der Waals surface area contributed by atoms with Gasteiger partial charge in [0.25, 0.3) is 0 Å². The lowest BCUT2D eigenvalue weighted by Crippen LogP contribution is -2.56. The summed E-state index contributed by atoms with van der Waals surface area (Å²) in [6, 6.07) is 5.86. The van der Waals surface area contributed by atoms with Gasteiger partial charge in [-0.05, 0) is 42.2 Å². The molecule has 0 bridgehead atoms. The van der Waals surface area contributed by atoms with Gasteiger partial charge in [-0.1, -0.05) is 26.0 Å². The lowest BCUT2D eigenvalue weighted by atomic mass is 9.59. The maximum atomic E-state index is 12.7. The van der Waals surface area contributed by atoms with E-state index in [2.05, 4.69) is 26.5 Å². The number of hydrogen-bond donors (Lipinski definition) is 0. The van der Waals surface area contributed by atoms with Crippen molar-refractivity contribution < 1.29 is 19.0 Å². The molecule has 4 nitrogen and oxygen atoms in total. The Labute approximate surface area is 154 Å². The van der Waals surface area contributed by atoms with E-state index in [1.54, 1.807) is 25.3 Å². The highest BCUT2D eigenvalue weighted by molar-refractivity contribution is 6.06. The number of allylic oxidation sites excluding steroid dienone is 2. The molecule has 1 aromatic rings. The summed E-state index contributed by atoms with van der Waals surface area (Å²) in [5, 5.41) is 0. The Morgan fingerprint density at radius 2 is 2.15 bits per heavy atom. The van der Waals surface area contributed by atoms with Crippen molar-refractivity contribution in [3.8, 4) is 11.5 Å². The summed E-state index contributed by atoms with van der Waals surface area (Å²) in [5.41, 5.74) is 1.88. The average Bonchev–Trinajstić information content (AvgIpc) is 2.65. The van der Waals surface area contributed by atoms with Crippen LogP contribution in [0.1, 0.15) is 25.3 Å². The number of ether oxygens (including phenoxy) is 3. The van der Waals surface area contributed by atoms with Gasteiger partial charge in [0.15, 0.2) is 5.78 Å². The van der Waals surface area contributed by atoms with Crippen molar-refractivity contribution in [3.63, 3.8) is 0 Å². The fraction of sp³-hybridized carbons (Fsp3) is 0.409. The molecule has 0 saturated carbocycles. The molecule has 0 aromatic heterocycles. The molecule has 0 radical (unpaired) electrons. The van der Waals surface area contributed by atoms with Crippen LogP contribution in [-0.2, 0) is 9.53 Å². The largest absolute Gasteiger partial charge is 0.497 e. The van der Waals surface area contributed by atoms with E-state index in [9.17, 15) is 4.79 Å². The van der Waals surface area contributed by atoms with Crippen LogP contribution in [0.15, 0.2) is 54.7 Å². The monoisotopic (exact) mass is 352 g/mol. The zero-order valence-electron chi connectivity index (χ0n) is 15.4. The van der Waals surface area contributed by atoms with Gasteiger partial charge < -0.3 is 14.2 Å². The van der Waals surface area contributed by atoms with Crippen molar-refractivity contribution in [2.24, 2.45) is 17.8 Å². The maximum absolute atomic E-state index is 12.7. The quantitative estimate of drug-likeness (QED) is 0.767. The van der Waals surface area contributed by atoms with Crippen LogP contribution in [0, 0.1) is 17.8 Å². The fourth-order valence-electron chi connectivity index (χ4n) is 4.55. The fourth-order valence-corrected chi connectivity index (χ4v) is 4.55. The minimum atomic E-state index is -0.978. The third-order valence-electron chi connectivity index (χ3n) is 5.99. The molecule has 4 heteroatoms. The topological polar surface area (TPSA) is 44.8 Å². The molecule has 1 aromatic carbocycles. The summed E-state index contributed by atoms with van der Waals surface area (Å²) >= 11 is 0. The number of carbonyl (C=O) groups is 1. The first kappa shape index (κ1) is 17.1. The van der Waals surface area contributed by atoms with Gasteiger partial charge >= 0.3 is 0 Å². The van der Waals surface area contributed by atoms with Crippen molar-refractivity contribution in [2.45, 2.75) is 25.6 Å². The van der Waals surface area contributed by atoms with E-state index >= 15 is 0 Å². The van der Waals surface area contributed by atoms with E-state index in [1.165, 1.54) is 0 Å². The number of benzene rings is 1. The second-order valence-corrected chi connectivity index (χ2v) is 7.37. The van der Waals surface area contributed by atoms with Crippen molar-refractivity contribution in [3.05, 3.63) is 60.2 Å². The van der Waals surface area contributed by atoms with E-state index in [0.717, 1.165) is 22.6 Å². The van der Waals surface area contributed by atoms with Crippen molar-refractivity contribution >= 4 is 5.78 Å². The SMILES string of the molecule is C=CCO[C@]12C=CC(=O)C3=C[C@H](C)[C@@H](C)[C@H](c4cc(OC)ccc4O1)[C@@H]32. The van der Waals surface area contributed by atoms with Crippen LogP contribution < -0.4 is 9.47 Å².